The second kappa shape index (κ2) is 7.57. The Labute approximate surface area is 148 Å². The number of piperidine rings is 1. The summed E-state index contributed by atoms with van der Waals surface area (Å²) in [6, 6.07) is 8.09. The zero-order valence-electron chi connectivity index (χ0n) is 14.4. The first kappa shape index (κ1) is 17.3. The number of benzene rings is 1. The molecule has 1 saturated heterocycles. The molecule has 0 unspecified atom stereocenters. The first-order valence-corrected chi connectivity index (χ1v) is 9.51. The molecule has 0 bridgehead atoms. The summed E-state index contributed by atoms with van der Waals surface area (Å²) >= 11 is 1.55. The molecule has 0 saturated carbocycles. The lowest BCUT2D eigenvalue weighted by Gasteiger charge is -2.39. The smallest absolute Gasteiger partial charge is 0.242 e. The van der Waals surface area contributed by atoms with E-state index in [0.29, 0.717) is 5.75 Å². The third-order valence-corrected chi connectivity index (χ3v) is 5.67. The highest BCUT2D eigenvalue weighted by atomic mass is 32.2. The maximum atomic E-state index is 12.9. The molecule has 1 fully saturated rings. The Kier molecular flexibility index (Phi) is 5.46. The number of para-hydroxylation sites is 1. The minimum absolute atomic E-state index is 0.0215. The SMILES string of the molecule is CN(C)C[C@@H]1CCCCN1C(=O)CN1C(=O)CSc2ccccc21. The summed E-state index contributed by atoms with van der Waals surface area (Å²) < 4.78 is 0. The van der Waals surface area contributed by atoms with Crippen LogP contribution in [-0.2, 0) is 9.59 Å². The molecule has 130 valence electrons. The number of likely N-dealkylation sites (N-methyl/N-ethyl adjacent to an activating group) is 1. The van der Waals surface area contributed by atoms with Gasteiger partial charge < -0.3 is 14.7 Å². The summed E-state index contributed by atoms with van der Waals surface area (Å²) in [6.45, 7) is 1.84. The maximum Gasteiger partial charge on any atom is 0.242 e. The van der Waals surface area contributed by atoms with Gasteiger partial charge in [0.15, 0.2) is 0 Å². The van der Waals surface area contributed by atoms with Crippen LogP contribution in [0.5, 0.6) is 0 Å². The van der Waals surface area contributed by atoms with Gasteiger partial charge in [0, 0.05) is 24.0 Å². The molecule has 0 spiro atoms. The van der Waals surface area contributed by atoms with Crippen molar-refractivity contribution in [1.29, 1.82) is 0 Å². The number of likely N-dealkylation sites (tertiary alicyclic amines) is 1. The Balaban J connectivity index is 1.75. The fourth-order valence-electron chi connectivity index (χ4n) is 3.49. The van der Waals surface area contributed by atoms with Crippen molar-refractivity contribution in [2.75, 3.05) is 44.4 Å². The predicted molar refractivity (Wildman–Crippen MR) is 97.4 cm³/mol. The van der Waals surface area contributed by atoms with Crippen LogP contribution in [0.25, 0.3) is 0 Å². The van der Waals surface area contributed by atoms with Gasteiger partial charge in [-0.25, -0.2) is 0 Å². The lowest BCUT2D eigenvalue weighted by molar-refractivity contribution is -0.134. The Morgan fingerprint density at radius 1 is 1.29 bits per heavy atom. The van der Waals surface area contributed by atoms with Crippen LogP contribution in [0.1, 0.15) is 19.3 Å². The van der Waals surface area contributed by atoms with Gasteiger partial charge in [-0.15, -0.1) is 11.8 Å². The summed E-state index contributed by atoms with van der Waals surface area (Å²) in [5.74, 6) is 0.496. The van der Waals surface area contributed by atoms with Crippen molar-refractivity contribution < 1.29 is 9.59 Å². The molecule has 2 aliphatic heterocycles. The largest absolute Gasteiger partial charge is 0.337 e. The molecule has 5 nitrogen and oxygen atoms in total. The monoisotopic (exact) mass is 347 g/mol. The van der Waals surface area contributed by atoms with Crippen LogP contribution < -0.4 is 4.90 Å². The quantitative estimate of drug-likeness (QED) is 0.836. The molecule has 2 aliphatic rings. The second-order valence-electron chi connectivity index (χ2n) is 6.74. The third kappa shape index (κ3) is 3.75. The summed E-state index contributed by atoms with van der Waals surface area (Å²) in [6.07, 6.45) is 3.27. The normalized spacial score (nSPS) is 21.1. The van der Waals surface area contributed by atoms with Crippen LogP contribution in [0, 0.1) is 0 Å². The number of nitrogens with zero attached hydrogens (tertiary/aromatic N) is 3. The van der Waals surface area contributed by atoms with Crippen LogP contribution >= 0.6 is 11.8 Å². The molecular weight excluding hydrogens is 322 g/mol. The van der Waals surface area contributed by atoms with Gasteiger partial charge in [-0.3, -0.25) is 9.59 Å². The highest BCUT2D eigenvalue weighted by molar-refractivity contribution is 8.00. The molecule has 0 N–H and O–H groups in total. The van der Waals surface area contributed by atoms with Crippen LogP contribution in [0.2, 0.25) is 0 Å². The lowest BCUT2D eigenvalue weighted by atomic mass is 10.0. The van der Waals surface area contributed by atoms with Crippen molar-refractivity contribution in [3.05, 3.63) is 24.3 Å². The van der Waals surface area contributed by atoms with Gasteiger partial charge in [0.2, 0.25) is 11.8 Å². The number of rotatable bonds is 4. The van der Waals surface area contributed by atoms with E-state index < -0.39 is 0 Å². The Hall–Kier alpha value is -1.53. The van der Waals surface area contributed by atoms with E-state index in [2.05, 4.69) is 4.90 Å². The zero-order valence-corrected chi connectivity index (χ0v) is 15.2. The number of carbonyl (C=O) groups is 2. The van der Waals surface area contributed by atoms with Crippen molar-refractivity contribution >= 4 is 29.3 Å². The van der Waals surface area contributed by atoms with E-state index in [1.807, 2.05) is 43.3 Å². The van der Waals surface area contributed by atoms with Gasteiger partial charge in [-0.1, -0.05) is 12.1 Å². The molecule has 0 radical (unpaired) electrons. The molecule has 24 heavy (non-hydrogen) atoms. The Bertz CT molecular complexity index is 620. The van der Waals surface area contributed by atoms with E-state index in [9.17, 15) is 9.59 Å². The van der Waals surface area contributed by atoms with Crippen LogP contribution in [0.3, 0.4) is 0 Å². The average molecular weight is 347 g/mol. The lowest BCUT2D eigenvalue weighted by Crippen LogP contribution is -2.52. The maximum absolute atomic E-state index is 12.9. The topological polar surface area (TPSA) is 43.9 Å². The summed E-state index contributed by atoms with van der Waals surface area (Å²) in [5.41, 5.74) is 0.869. The summed E-state index contributed by atoms with van der Waals surface area (Å²) in [5, 5.41) is 0. The molecule has 6 heteroatoms. The number of thioether (sulfide) groups is 1. The number of hydrogen-bond donors (Lipinski definition) is 0. The molecule has 2 amide bonds. The van der Waals surface area contributed by atoms with Crippen LogP contribution in [-0.4, -0.2) is 67.1 Å². The van der Waals surface area contributed by atoms with Crippen molar-refractivity contribution in [2.45, 2.75) is 30.2 Å². The Morgan fingerprint density at radius 2 is 2.08 bits per heavy atom. The number of fused-ring (bicyclic) bond motifs is 1. The van der Waals surface area contributed by atoms with Gasteiger partial charge in [-0.2, -0.15) is 0 Å². The molecule has 1 aromatic carbocycles. The number of anilines is 1. The van der Waals surface area contributed by atoms with E-state index in [-0.39, 0.29) is 24.4 Å². The number of amides is 2. The van der Waals surface area contributed by atoms with Gasteiger partial charge in [-0.05, 0) is 45.5 Å². The minimum Gasteiger partial charge on any atom is -0.337 e. The van der Waals surface area contributed by atoms with Crippen molar-refractivity contribution in [3.63, 3.8) is 0 Å². The van der Waals surface area contributed by atoms with Gasteiger partial charge in [0.1, 0.15) is 6.54 Å². The van der Waals surface area contributed by atoms with Crippen LogP contribution in [0.4, 0.5) is 5.69 Å². The van der Waals surface area contributed by atoms with E-state index in [0.717, 1.165) is 36.5 Å². The fraction of sp³-hybridized carbons (Fsp3) is 0.556. The van der Waals surface area contributed by atoms with Crippen molar-refractivity contribution in [2.24, 2.45) is 0 Å². The zero-order chi connectivity index (χ0) is 17.1. The van der Waals surface area contributed by atoms with Crippen LogP contribution in [0.15, 0.2) is 29.2 Å². The number of hydrogen-bond acceptors (Lipinski definition) is 4. The molecule has 0 aromatic heterocycles. The van der Waals surface area contributed by atoms with E-state index in [1.54, 1.807) is 16.7 Å². The summed E-state index contributed by atoms with van der Waals surface area (Å²) in [4.78, 5) is 32.1. The average Bonchev–Trinajstić information content (AvgIpc) is 2.57. The van der Waals surface area contributed by atoms with E-state index in [4.69, 9.17) is 0 Å². The fourth-order valence-corrected chi connectivity index (χ4v) is 4.43. The Morgan fingerprint density at radius 3 is 2.88 bits per heavy atom. The van der Waals surface area contributed by atoms with E-state index >= 15 is 0 Å². The molecule has 3 rings (SSSR count). The highest BCUT2D eigenvalue weighted by Crippen LogP contribution is 2.35. The first-order valence-electron chi connectivity index (χ1n) is 8.52. The molecule has 1 aromatic rings. The highest BCUT2D eigenvalue weighted by Gasteiger charge is 2.31. The van der Waals surface area contributed by atoms with Gasteiger partial charge in [0.25, 0.3) is 0 Å². The standard InChI is InChI=1S/C18H25N3O2S/c1-19(2)11-14-7-5-6-10-20(14)17(22)12-21-15-8-3-4-9-16(15)24-13-18(21)23/h3-4,8-9,14H,5-7,10-13H2,1-2H3/t14-/m0/s1. The second-order valence-corrected chi connectivity index (χ2v) is 7.75. The number of carbonyl (C=O) groups excluding carboxylic acids is 2. The van der Waals surface area contributed by atoms with Gasteiger partial charge >= 0.3 is 0 Å². The molecule has 2 heterocycles. The van der Waals surface area contributed by atoms with Crippen molar-refractivity contribution in [1.82, 2.24) is 9.80 Å². The third-order valence-electron chi connectivity index (χ3n) is 4.63. The minimum atomic E-state index is 0.0215. The molecule has 0 aliphatic carbocycles. The molecular formula is C18H25N3O2S. The molecule has 1 atom stereocenters. The van der Waals surface area contributed by atoms with E-state index in [1.165, 1.54) is 6.42 Å². The summed E-state index contributed by atoms with van der Waals surface area (Å²) in [7, 11) is 4.08. The van der Waals surface area contributed by atoms with Gasteiger partial charge in [0.05, 0.1) is 11.4 Å². The predicted octanol–water partition coefficient (Wildman–Crippen LogP) is 2.07. The van der Waals surface area contributed by atoms with Crippen molar-refractivity contribution in [3.8, 4) is 0 Å². The first-order chi connectivity index (χ1) is 11.6.